The fourth-order valence-electron chi connectivity index (χ4n) is 3.39. The SMILES string of the molecule is CC(C)Cn1c(SC(C)C(=O)Nc2nc(-c3ccc(F)cc3)cs2)nnc1N1CCOCC1. The average molecular weight is 491 g/mol. The lowest BCUT2D eigenvalue weighted by Gasteiger charge is -2.28. The number of morpholine rings is 1. The summed E-state index contributed by atoms with van der Waals surface area (Å²) >= 11 is 2.72. The maximum atomic E-state index is 13.2. The third-order valence-electron chi connectivity index (χ3n) is 5.06. The monoisotopic (exact) mass is 490 g/mol. The van der Waals surface area contributed by atoms with Gasteiger partial charge in [0.2, 0.25) is 11.9 Å². The van der Waals surface area contributed by atoms with Crippen molar-refractivity contribution in [2.75, 3.05) is 36.5 Å². The van der Waals surface area contributed by atoms with Gasteiger partial charge in [-0.15, -0.1) is 21.5 Å². The molecule has 4 rings (SSSR count). The molecule has 3 aromatic rings. The van der Waals surface area contributed by atoms with Gasteiger partial charge in [-0.3, -0.25) is 9.36 Å². The number of hydrogen-bond acceptors (Lipinski definition) is 8. The zero-order valence-corrected chi connectivity index (χ0v) is 20.5. The van der Waals surface area contributed by atoms with E-state index in [1.165, 1.54) is 35.2 Å². The Hall–Kier alpha value is -2.50. The predicted octanol–water partition coefficient (Wildman–Crippen LogP) is 4.15. The molecule has 11 heteroatoms. The van der Waals surface area contributed by atoms with Crippen molar-refractivity contribution < 1.29 is 13.9 Å². The first-order chi connectivity index (χ1) is 15.9. The van der Waals surface area contributed by atoms with Gasteiger partial charge in [-0.1, -0.05) is 25.6 Å². The maximum absolute atomic E-state index is 13.2. The standard InChI is InChI=1S/C22H27FN6O2S2/c1-14(2)12-29-21(28-8-10-31-11-9-28)26-27-22(29)33-15(3)19(30)25-20-24-18(13-32-20)16-4-6-17(23)7-5-16/h4-7,13-15H,8-12H2,1-3H3,(H,24,25,30). The summed E-state index contributed by atoms with van der Waals surface area (Å²) in [6, 6.07) is 6.12. The van der Waals surface area contributed by atoms with E-state index in [9.17, 15) is 9.18 Å². The van der Waals surface area contributed by atoms with Crippen molar-refractivity contribution in [3.8, 4) is 11.3 Å². The van der Waals surface area contributed by atoms with Crippen molar-refractivity contribution in [1.82, 2.24) is 19.7 Å². The lowest BCUT2D eigenvalue weighted by molar-refractivity contribution is -0.115. The Labute approximate surface area is 200 Å². The average Bonchev–Trinajstić information content (AvgIpc) is 3.42. The molecule has 1 amide bonds. The summed E-state index contributed by atoms with van der Waals surface area (Å²) in [6.45, 7) is 9.80. The van der Waals surface area contributed by atoms with E-state index in [-0.39, 0.29) is 11.7 Å². The molecule has 33 heavy (non-hydrogen) atoms. The van der Waals surface area contributed by atoms with Crippen LogP contribution < -0.4 is 10.2 Å². The molecule has 0 saturated carbocycles. The first-order valence-electron chi connectivity index (χ1n) is 10.9. The van der Waals surface area contributed by atoms with E-state index < -0.39 is 5.25 Å². The van der Waals surface area contributed by atoms with Crippen molar-refractivity contribution in [2.45, 2.75) is 37.7 Å². The third-order valence-corrected chi connectivity index (χ3v) is 6.90. The van der Waals surface area contributed by atoms with Crippen molar-refractivity contribution in [2.24, 2.45) is 5.92 Å². The number of carbonyl (C=O) groups excluding carboxylic acids is 1. The summed E-state index contributed by atoms with van der Waals surface area (Å²) in [6.07, 6.45) is 0. The van der Waals surface area contributed by atoms with Crippen LogP contribution in [0.2, 0.25) is 0 Å². The molecular formula is C22H27FN6O2S2. The molecule has 1 aliphatic rings. The molecule has 0 radical (unpaired) electrons. The Morgan fingerprint density at radius 2 is 1.94 bits per heavy atom. The molecule has 1 aliphatic heterocycles. The summed E-state index contributed by atoms with van der Waals surface area (Å²) in [5, 5.41) is 14.4. The highest BCUT2D eigenvalue weighted by Gasteiger charge is 2.24. The molecule has 1 N–H and O–H groups in total. The van der Waals surface area contributed by atoms with E-state index in [0.29, 0.717) is 30.0 Å². The van der Waals surface area contributed by atoms with Crippen LogP contribution in [0.5, 0.6) is 0 Å². The van der Waals surface area contributed by atoms with Crippen molar-refractivity contribution in [3.63, 3.8) is 0 Å². The minimum atomic E-state index is -0.393. The molecule has 0 spiro atoms. The van der Waals surface area contributed by atoms with E-state index >= 15 is 0 Å². The number of ether oxygens (including phenoxy) is 1. The number of carbonyl (C=O) groups is 1. The van der Waals surface area contributed by atoms with Crippen LogP contribution in [0.1, 0.15) is 20.8 Å². The molecule has 0 bridgehead atoms. The Morgan fingerprint density at radius 1 is 1.21 bits per heavy atom. The van der Waals surface area contributed by atoms with Crippen LogP contribution in [0.3, 0.4) is 0 Å². The molecule has 176 valence electrons. The number of thiazole rings is 1. The Kier molecular flexibility index (Phi) is 7.61. The zero-order valence-electron chi connectivity index (χ0n) is 18.8. The third kappa shape index (κ3) is 5.90. The largest absolute Gasteiger partial charge is 0.378 e. The second-order valence-electron chi connectivity index (χ2n) is 8.18. The molecule has 1 unspecified atom stereocenters. The second-order valence-corrected chi connectivity index (χ2v) is 10.3. The Balaban J connectivity index is 1.43. The Morgan fingerprint density at radius 3 is 2.64 bits per heavy atom. The van der Waals surface area contributed by atoms with Gasteiger partial charge in [0.05, 0.1) is 24.2 Å². The number of halogens is 1. The number of anilines is 2. The summed E-state index contributed by atoms with van der Waals surface area (Å²) in [4.78, 5) is 19.5. The molecule has 2 aromatic heterocycles. The number of thioether (sulfide) groups is 1. The van der Waals surface area contributed by atoms with Gasteiger partial charge in [0.15, 0.2) is 10.3 Å². The van der Waals surface area contributed by atoms with Gasteiger partial charge in [0.25, 0.3) is 0 Å². The van der Waals surface area contributed by atoms with Gasteiger partial charge in [0, 0.05) is 30.6 Å². The molecule has 1 fully saturated rings. The predicted molar refractivity (Wildman–Crippen MR) is 129 cm³/mol. The van der Waals surface area contributed by atoms with Gasteiger partial charge in [-0.05, 0) is 37.1 Å². The van der Waals surface area contributed by atoms with E-state index in [2.05, 4.69) is 43.8 Å². The topological polar surface area (TPSA) is 85.2 Å². The molecule has 1 saturated heterocycles. The van der Waals surface area contributed by atoms with Gasteiger partial charge < -0.3 is 15.0 Å². The first kappa shape index (κ1) is 23.7. The van der Waals surface area contributed by atoms with Crippen molar-refractivity contribution in [3.05, 3.63) is 35.5 Å². The van der Waals surface area contributed by atoms with E-state index in [1.54, 1.807) is 12.1 Å². The molecule has 1 aromatic carbocycles. The van der Waals surface area contributed by atoms with E-state index in [0.717, 1.165) is 36.3 Å². The number of aromatic nitrogens is 4. The number of nitrogens with zero attached hydrogens (tertiary/aromatic N) is 5. The lowest BCUT2D eigenvalue weighted by Crippen LogP contribution is -2.38. The van der Waals surface area contributed by atoms with Gasteiger partial charge >= 0.3 is 0 Å². The highest BCUT2D eigenvalue weighted by atomic mass is 32.2. The highest BCUT2D eigenvalue weighted by molar-refractivity contribution is 8.00. The molecule has 0 aliphatic carbocycles. The lowest BCUT2D eigenvalue weighted by atomic mass is 10.2. The molecule has 3 heterocycles. The van der Waals surface area contributed by atoms with Crippen LogP contribution in [0.4, 0.5) is 15.5 Å². The summed E-state index contributed by atoms with van der Waals surface area (Å²) in [5.74, 6) is 0.776. The minimum absolute atomic E-state index is 0.160. The summed E-state index contributed by atoms with van der Waals surface area (Å²) < 4.78 is 20.7. The second kappa shape index (κ2) is 10.6. The van der Waals surface area contributed by atoms with Crippen LogP contribution >= 0.6 is 23.1 Å². The van der Waals surface area contributed by atoms with Gasteiger partial charge in [-0.25, -0.2) is 9.37 Å². The van der Waals surface area contributed by atoms with E-state index in [4.69, 9.17) is 4.74 Å². The van der Waals surface area contributed by atoms with E-state index in [1.807, 2.05) is 12.3 Å². The fourth-order valence-corrected chi connectivity index (χ4v) is 4.97. The molecule has 8 nitrogen and oxygen atoms in total. The van der Waals surface area contributed by atoms with Crippen molar-refractivity contribution >= 4 is 40.1 Å². The Bertz CT molecular complexity index is 1080. The highest BCUT2D eigenvalue weighted by Crippen LogP contribution is 2.29. The number of nitrogens with one attached hydrogen (secondary N) is 1. The minimum Gasteiger partial charge on any atom is -0.378 e. The maximum Gasteiger partial charge on any atom is 0.239 e. The molecular weight excluding hydrogens is 463 g/mol. The zero-order chi connectivity index (χ0) is 23.4. The summed E-state index contributed by atoms with van der Waals surface area (Å²) in [5.41, 5.74) is 1.50. The smallest absolute Gasteiger partial charge is 0.239 e. The number of benzene rings is 1. The summed E-state index contributed by atoms with van der Waals surface area (Å²) in [7, 11) is 0. The first-order valence-corrected chi connectivity index (χ1v) is 12.6. The number of hydrogen-bond donors (Lipinski definition) is 1. The number of rotatable bonds is 8. The number of amides is 1. The van der Waals surface area contributed by atoms with Crippen LogP contribution in [0.25, 0.3) is 11.3 Å². The van der Waals surface area contributed by atoms with Gasteiger partial charge in [0.1, 0.15) is 5.82 Å². The normalized spacial score (nSPS) is 15.1. The van der Waals surface area contributed by atoms with Crippen molar-refractivity contribution in [1.29, 1.82) is 0 Å². The van der Waals surface area contributed by atoms with Crippen LogP contribution in [-0.4, -0.2) is 57.2 Å². The van der Waals surface area contributed by atoms with Crippen LogP contribution in [0, 0.1) is 11.7 Å². The quantitative estimate of drug-likeness (QED) is 0.475. The van der Waals surface area contributed by atoms with Crippen LogP contribution in [0.15, 0.2) is 34.8 Å². The fraction of sp³-hybridized carbons (Fsp3) is 0.455. The molecule has 1 atom stereocenters. The van der Waals surface area contributed by atoms with Crippen LogP contribution in [-0.2, 0) is 16.1 Å². The van der Waals surface area contributed by atoms with Gasteiger partial charge in [-0.2, -0.15) is 0 Å².